The maximum Gasteiger partial charge on any atom is 0.220 e. The van der Waals surface area contributed by atoms with E-state index in [1.54, 1.807) is 0 Å². The second kappa shape index (κ2) is 8.09. The van der Waals surface area contributed by atoms with E-state index in [-0.39, 0.29) is 5.91 Å². The van der Waals surface area contributed by atoms with Gasteiger partial charge in [-0.25, -0.2) is 0 Å². The molecule has 1 amide bonds. The minimum absolute atomic E-state index is 0.224. The average molecular weight is 185 g/mol. The van der Waals surface area contributed by atoms with Crippen molar-refractivity contribution < 1.29 is 4.79 Å². The van der Waals surface area contributed by atoms with Crippen molar-refractivity contribution >= 4 is 5.91 Å². The Morgan fingerprint density at radius 3 is 2.38 bits per heavy atom. The van der Waals surface area contributed by atoms with Crippen molar-refractivity contribution in [2.45, 2.75) is 52.9 Å². The van der Waals surface area contributed by atoms with Crippen molar-refractivity contribution in [2.75, 3.05) is 6.54 Å². The van der Waals surface area contributed by atoms with Gasteiger partial charge < -0.3 is 5.32 Å². The first-order chi connectivity index (χ1) is 6.24. The van der Waals surface area contributed by atoms with Crippen LogP contribution in [0.5, 0.6) is 0 Å². The van der Waals surface area contributed by atoms with Crippen molar-refractivity contribution in [3.8, 4) is 0 Å². The van der Waals surface area contributed by atoms with Crippen LogP contribution in [-0.2, 0) is 4.79 Å². The number of nitrogens with one attached hydrogen (secondary N) is 1. The van der Waals surface area contributed by atoms with Crippen LogP contribution in [0.4, 0.5) is 0 Å². The molecular formula is C11H23NO. The molecule has 0 aliphatic rings. The van der Waals surface area contributed by atoms with Gasteiger partial charge in [-0.05, 0) is 12.3 Å². The Morgan fingerprint density at radius 2 is 1.92 bits per heavy atom. The molecule has 0 saturated carbocycles. The van der Waals surface area contributed by atoms with Gasteiger partial charge in [0, 0.05) is 13.0 Å². The van der Waals surface area contributed by atoms with Gasteiger partial charge in [0.05, 0.1) is 0 Å². The molecule has 0 bridgehead atoms. The van der Waals surface area contributed by atoms with Crippen molar-refractivity contribution in [3.05, 3.63) is 0 Å². The number of rotatable bonds is 7. The Hall–Kier alpha value is -0.530. The molecule has 0 aliphatic carbocycles. The highest BCUT2D eigenvalue weighted by molar-refractivity contribution is 5.76. The number of amides is 1. The minimum atomic E-state index is 0.224. The summed E-state index contributed by atoms with van der Waals surface area (Å²) in [6.07, 6.45) is 5.21. The average Bonchev–Trinajstić information content (AvgIpc) is 2.14. The molecule has 0 heterocycles. The van der Waals surface area contributed by atoms with Gasteiger partial charge in [-0.3, -0.25) is 4.79 Å². The summed E-state index contributed by atoms with van der Waals surface area (Å²) in [6.45, 7) is 7.23. The van der Waals surface area contributed by atoms with Crippen molar-refractivity contribution in [1.29, 1.82) is 0 Å². The predicted octanol–water partition coefficient (Wildman–Crippen LogP) is 2.73. The van der Waals surface area contributed by atoms with E-state index in [9.17, 15) is 4.79 Å². The summed E-state index contributed by atoms with van der Waals surface area (Å²) in [6, 6.07) is 0. The number of carbonyl (C=O) groups is 1. The molecule has 0 spiro atoms. The first kappa shape index (κ1) is 12.5. The summed E-state index contributed by atoms with van der Waals surface area (Å²) >= 11 is 0. The largest absolute Gasteiger partial charge is 0.356 e. The SMILES string of the molecule is CCCNC(=O)C[C@H](CC)CCC. The van der Waals surface area contributed by atoms with Gasteiger partial charge in [-0.15, -0.1) is 0 Å². The molecule has 0 fully saturated rings. The van der Waals surface area contributed by atoms with Gasteiger partial charge >= 0.3 is 0 Å². The lowest BCUT2D eigenvalue weighted by Crippen LogP contribution is -2.26. The van der Waals surface area contributed by atoms with Gasteiger partial charge in [0.15, 0.2) is 0 Å². The highest BCUT2D eigenvalue weighted by Crippen LogP contribution is 2.14. The summed E-state index contributed by atoms with van der Waals surface area (Å²) < 4.78 is 0. The van der Waals surface area contributed by atoms with Gasteiger partial charge in [0.1, 0.15) is 0 Å². The van der Waals surface area contributed by atoms with Crippen LogP contribution in [0.15, 0.2) is 0 Å². The first-order valence-electron chi connectivity index (χ1n) is 5.51. The normalized spacial score (nSPS) is 12.5. The molecule has 1 N–H and O–H groups in total. The molecule has 0 radical (unpaired) electrons. The predicted molar refractivity (Wildman–Crippen MR) is 56.6 cm³/mol. The Bertz CT molecular complexity index is 134. The van der Waals surface area contributed by atoms with E-state index in [1.165, 1.54) is 12.8 Å². The van der Waals surface area contributed by atoms with E-state index in [1.807, 2.05) is 0 Å². The fourth-order valence-corrected chi connectivity index (χ4v) is 1.46. The van der Waals surface area contributed by atoms with E-state index in [0.717, 1.165) is 19.4 Å². The van der Waals surface area contributed by atoms with Crippen LogP contribution in [0, 0.1) is 5.92 Å². The quantitative estimate of drug-likeness (QED) is 0.649. The molecule has 13 heavy (non-hydrogen) atoms. The van der Waals surface area contributed by atoms with Crippen LogP contribution in [-0.4, -0.2) is 12.5 Å². The van der Waals surface area contributed by atoms with Crippen LogP contribution < -0.4 is 5.32 Å². The van der Waals surface area contributed by atoms with E-state index in [0.29, 0.717) is 12.3 Å². The zero-order valence-corrected chi connectivity index (χ0v) is 9.23. The Balaban J connectivity index is 3.60. The van der Waals surface area contributed by atoms with Gasteiger partial charge in [0.25, 0.3) is 0 Å². The van der Waals surface area contributed by atoms with Crippen molar-refractivity contribution in [2.24, 2.45) is 5.92 Å². The Labute approximate surface area is 82.1 Å². The Morgan fingerprint density at radius 1 is 1.23 bits per heavy atom. The molecule has 0 aromatic heterocycles. The molecule has 0 aromatic carbocycles. The minimum Gasteiger partial charge on any atom is -0.356 e. The molecule has 0 saturated heterocycles. The first-order valence-corrected chi connectivity index (χ1v) is 5.51. The standard InChI is InChI=1S/C11H23NO/c1-4-7-10(6-3)9-11(13)12-8-5-2/h10H,4-9H2,1-3H3,(H,12,13)/t10-/m1/s1. The highest BCUT2D eigenvalue weighted by atomic mass is 16.1. The smallest absolute Gasteiger partial charge is 0.220 e. The maximum absolute atomic E-state index is 11.3. The van der Waals surface area contributed by atoms with E-state index in [2.05, 4.69) is 26.1 Å². The van der Waals surface area contributed by atoms with Gasteiger partial charge in [-0.1, -0.05) is 40.0 Å². The molecule has 0 aromatic rings. The molecule has 0 aliphatic heterocycles. The lowest BCUT2D eigenvalue weighted by Gasteiger charge is -2.12. The summed E-state index contributed by atoms with van der Waals surface area (Å²) in [5.41, 5.74) is 0. The van der Waals surface area contributed by atoms with Crippen LogP contribution in [0.1, 0.15) is 52.9 Å². The van der Waals surface area contributed by atoms with Crippen LogP contribution in [0.3, 0.4) is 0 Å². The van der Waals surface area contributed by atoms with Crippen LogP contribution in [0.2, 0.25) is 0 Å². The van der Waals surface area contributed by atoms with E-state index >= 15 is 0 Å². The van der Waals surface area contributed by atoms with Crippen molar-refractivity contribution in [1.82, 2.24) is 5.32 Å². The third-order valence-corrected chi connectivity index (χ3v) is 2.32. The molecule has 78 valence electrons. The second-order valence-electron chi connectivity index (χ2n) is 3.62. The third kappa shape index (κ3) is 6.62. The summed E-state index contributed by atoms with van der Waals surface area (Å²) in [7, 11) is 0. The van der Waals surface area contributed by atoms with Gasteiger partial charge in [0.2, 0.25) is 5.91 Å². The second-order valence-corrected chi connectivity index (χ2v) is 3.62. The molecule has 1 atom stereocenters. The van der Waals surface area contributed by atoms with Crippen LogP contribution in [0.25, 0.3) is 0 Å². The number of hydrogen-bond acceptors (Lipinski definition) is 1. The fraction of sp³-hybridized carbons (Fsp3) is 0.909. The molecule has 2 heteroatoms. The zero-order valence-electron chi connectivity index (χ0n) is 9.23. The third-order valence-electron chi connectivity index (χ3n) is 2.32. The van der Waals surface area contributed by atoms with Crippen LogP contribution >= 0.6 is 0 Å². The van der Waals surface area contributed by atoms with E-state index < -0.39 is 0 Å². The summed E-state index contributed by atoms with van der Waals surface area (Å²) in [5, 5.41) is 2.92. The topological polar surface area (TPSA) is 29.1 Å². The van der Waals surface area contributed by atoms with Crippen molar-refractivity contribution in [3.63, 3.8) is 0 Å². The monoisotopic (exact) mass is 185 g/mol. The molecule has 2 nitrogen and oxygen atoms in total. The lowest BCUT2D eigenvalue weighted by atomic mass is 9.97. The lowest BCUT2D eigenvalue weighted by molar-refractivity contribution is -0.122. The Kier molecular flexibility index (Phi) is 7.76. The molecule has 0 unspecified atom stereocenters. The molecule has 0 rings (SSSR count). The highest BCUT2D eigenvalue weighted by Gasteiger charge is 2.09. The molecular weight excluding hydrogens is 162 g/mol. The maximum atomic E-state index is 11.3. The zero-order chi connectivity index (χ0) is 10.1. The van der Waals surface area contributed by atoms with E-state index in [4.69, 9.17) is 0 Å². The summed E-state index contributed by atoms with van der Waals surface area (Å²) in [4.78, 5) is 11.3. The number of carbonyl (C=O) groups excluding carboxylic acids is 1. The summed E-state index contributed by atoms with van der Waals surface area (Å²) in [5.74, 6) is 0.809. The fourth-order valence-electron chi connectivity index (χ4n) is 1.46. The van der Waals surface area contributed by atoms with Gasteiger partial charge in [-0.2, -0.15) is 0 Å². The number of hydrogen-bond donors (Lipinski definition) is 1.